The number of carbonyl (C=O) groups excluding carboxylic acids is 1. The molecule has 0 bridgehead atoms. The highest BCUT2D eigenvalue weighted by atomic mass is 35.5. The maximum Gasteiger partial charge on any atom is 0.327 e. The third-order valence-electron chi connectivity index (χ3n) is 6.00. The van der Waals surface area contributed by atoms with Gasteiger partial charge in [0.15, 0.2) is 0 Å². The normalized spacial score (nSPS) is 14.9. The molecule has 2 heterocycles. The molecule has 190 valence electrons. The number of aromatic nitrogens is 1. The fourth-order valence-corrected chi connectivity index (χ4v) is 6.16. The Hall–Kier alpha value is -2.85. The maximum atomic E-state index is 13.4. The van der Waals surface area contributed by atoms with Gasteiger partial charge in [-0.2, -0.15) is 4.31 Å². The van der Waals surface area contributed by atoms with Gasteiger partial charge in [-0.05, 0) is 62.2 Å². The number of ether oxygens (including phenoxy) is 1. The Kier molecular flexibility index (Phi) is 8.04. The zero-order valence-corrected chi connectivity index (χ0v) is 22.1. The van der Waals surface area contributed by atoms with Crippen LogP contribution in [-0.4, -0.2) is 50.0 Å². The van der Waals surface area contributed by atoms with Gasteiger partial charge in [-0.25, -0.2) is 18.2 Å². The van der Waals surface area contributed by atoms with E-state index in [1.165, 1.54) is 29.6 Å². The molecule has 1 aromatic heterocycles. The molecule has 1 fully saturated rings. The van der Waals surface area contributed by atoms with Crippen LogP contribution in [0.25, 0.3) is 0 Å². The molecule has 0 radical (unpaired) electrons. The molecule has 3 aromatic rings. The van der Waals surface area contributed by atoms with Gasteiger partial charge in [0.2, 0.25) is 10.0 Å². The predicted molar refractivity (Wildman–Crippen MR) is 142 cm³/mol. The number of hydrogen-bond donors (Lipinski definition) is 1. The lowest BCUT2D eigenvalue weighted by Crippen LogP contribution is -2.50. The fraction of sp³-hybridized carbons (Fsp3) is 0.280. The van der Waals surface area contributed by atoms with E-state index in [2.05, 4.69) is 10.3 Å². The van der Waals surface area contributed by atoms with Crippen LogP contribution < -0.4 is 15.0 Å². The number of pyridine rings is 1. The number of benzene rings is 2. The van der Waals surface area contributed by atoms with Crippen LogP contribution in [-0.2, 0) is 10.0 Å². The first kappa shape index (κ1) is 26.2. The first-order valence-corrected chi connectivity index (χ1v) is 13.5. The molecule has 1 aliphatic rings. The van der Waals surface area contributed by atoms with Crippen molar-refractivity contribution in [3.8, 4) is 5.75 Å². The van der Waals surface area contributed by atoms with Gasteiger partial charge in [0, 0.05) is 24.8 Å². The zero-order chi connectivity index (χ0) is 25.9. The standard InChI is InChI=1S/C25H26Cl2N4O4S/c1-17-6-5-9-24(28-17)31(25(32)29-22-8-4-3-7-20(22)26)18-12-14-30(15-13-18)36(33,34)19-10-11-23(35-2)21(27)16-19/h3-11,16,18H,12-15H2,1-2H3,(H,29,32). The molecule has 0 saturated carbocycles. The molecule has 1 N–H and O–H groups in total. The predicted octanol–water partition coefficient (Wildman–Crippen LogP) is 5.60. The number of para-hydroxylation sites is 1. The van der Waals surface area contributed by atoms with Crippen molar-refractivity contribution in [2.75, 3.05) is 30.4 Å². The number of sulfonamides is 1. The van der Waals surface area contributed by atoms with Gasteiger partial charge in [0.25, 0.3) is 0 Å². The second-order valence-electron chi connectivity index (χ2n) is 8.35. The van der Waals surface area contributed by atoms with Crippen molar-refractivity contribution >= 4 is 50.8 Å². The summed E-state index contributed by atoms with van der Waals surface area (Å²) >= 11 is 12.4. The van der Waals surface area contributed by atoms with Gasteiger partial charge in [-0.1, -0.05) is 41.4 Å². The number of nitrogens with zero attached hydrogens (tertiary/aromatic N) is 3. The molecule has 0 unspecified atom stereocenters. The van der Waals surface area contributed by atoms with Crippen molar-refractivity contribution in [1.82, 2.24) is 9.29 Å². The van der Waals surface area contributed by atoms with E-state index in [1.807, 2.05) is 19.1 Å². The number of urea groups is 1. The van der Waals surface area contributed by atoms with E-state index < -0.39 is 10.0 Å². The highest BCUT2D eigenvalue weighted by Crippen LogP contribution is 2.31. The number of amides is 2. The molecule has 2 aromatic carbocycles. The topological polar surface area (TPSA) is 91.8 Å². The number of aryl methyl sites for hydroxylation is 1. The summed E-state index contributed by atoms with van der Waals surface area (Å²) in [7, 11) is -2.29. The van der Waals surface area contributed by atoms with Crippen molar-refractivity contribution < 1.29 is 17.9 Å². The van der Waals surface area contributed by atoms with Crippen molar-refractivity contribution in [3.63, 3.8) is 0 Å². The highest BCUT2D eigenvalue weighted by Gasteiger charge is 2.35. The quantitative estimate of drug-likeness (QED) is 0.433. The van der Waals surface area contributed by atoms with Gasteiger partial charge >= 0.3 is 6.03 Å². The second-order valence-corrected chi connectivity index (χ2v) is 11.1. The number of anilines is 2. The number of carbonyl (C=O) groups is 1. The molecule has 0 aliphatic carbocycles. The summed E-state index contributed by atoms with van der Waals surface area (Å²) in [5.74, 6) is 0.892. The molecule has 8 nitrogen and oxygen atoms in total. The second kappa shape index (κ2) is 11.0. The van der Waals surface area contributed by atoms with Crippen molar-refractivity contribution in [2.24, 2.45) is 0 Å². The van der Waals surface area contributed by atoms with Gasteiger partial charge in [0.1, 0.15) is 11.6 Å². The van der Waals surface area contributed by atoms with Crippen LogP contribution >= 0.6 is 23.2 Å². The van der Waals surface area contributed by atoms with E-state index in [0.717, 1.165) is 5.69 Å². The Balaban J connectivity index is 1.55. The molecule has 0 atom stereocenters. The highest BCUT2D eigenvalue weighted by molar-refractivity contribution is 7.89. The van der Waals surface area contributed by atoms with Crippen molar-refractivity contribution in [1.29, 1.82) is 0 Å². The van der Waals surface area contributed by atoms with Crippen LogP contribution in [0.15, 0.2) is 65.6 Å². The van der Waals surface area contributed by atoms with Crippen LogP contribution in [0.3, 0.4) is 0 Å². The molecule has 11 heteroatoms. The number of piperidine rings is 1. The van der Waals surface area contributed by atoms with E-state index in [9.17, 15) is 13.2 Å². The summed E-state index contributed by atoms with van der Waals surface area (Å²) in [5.41, 5.74) is 1.25. The Morgan fingerprint density at radius 3 is 2.42 bits per heavy atom. The summed E-state index contributed by atoms with van der Waals surface area (Å²) in [5, 5.41) is 3.51. The molecule has 36 heavy (non-hydrogen) atoms. The molecular weight excluding hydrogens is 523 g/mol. The third-order valence-corrected chi connectivity index (χ3v) is 8.52. The largest absolute Gasteiger partial charge is 0.495 e. The lowest BCUT2D eigenvalue weighted by atomic mass is 10.0. The summed E-state index contributed by atoms with van der Waals surface area (Å²) in [4.78, 5) is 19.7. The van der Waals surface area contributed by atoms with Crippen molar-refractivity contribution in [3.05, 3.63) is 76.4 Å². The molecular formula is C25H26Cl2N4O4S. The van der Waals surface area contributed by atoms with Crippen LogP contribution in [0.4, 0.5) is 16.3 Å². The number of hydrogen-bond acceptors (Lipinski definition) is 5. The summed E-state index contributed by atoms with van der Waals surface area (Å²) < 4.78 is 33.0. The number of nitrogens with one attached hydrogen (secondary N) is 1. The first-order valence-electron chi connectivity index (χ1n) is 11.3. The van der Waals surface area contributed by atoms with Crippen molar-refractivity contribution in [2.45, 2.75) is 30.7 Å². The fourth-order valence-electron chi connectivity index (χ4n) is 4.16. The van der Waals surface area contributed by atoms with E-state index in [1.54, 1.807) is 35.2 Å². The number of halogens is 2. The first-order chi connectivity index (χ1) is 17.2. The summed E-state index contributed by atoms with van der Waals surface area (Å²) in [6, 6.07) is 16.2. The minimum atomic E-state index is -3.76. The lowest BCUT2D eigenvalue weighted by Gasteiger charge is -2.37. The minimum Gasteiger partial charge on any atom is -0.495 e. The van der Waals surface area contributed by atoms with E-state index in [4.69, 9.17) is 27.9 Å². The monoisotopic (exact) mass is 548 g/mol. The molecule has 1 saturated heterocycles. The Labute approximate surface area is 220 Å². The van der Waals surface area contributed by atoms with Crippen LogP contribution in [0.2, 0.25) is 10.0 Å². The van der Waals surface area contributed by atoms with Crippen LogP contribution in [0, 0.1) is 6.92 Å². The maximum absolute atomic E-state index is 13.4. The van der Waals surface area contributed by atoms with Gasteiger partial charge in [-0.15, -0.1) is 0 Å². The third kappa shape index (κ3) is 5.59. The van der Waals surface area contributed by atoms with Gasteiger partial charge < -0.3 is 10.1 Å². The van der Waals surface area contributed by atoms with Crippen LogP contribution in [0.5, 0.6) is 5.75 Å². The number of methoxy groups -OCH3 is 1. The van der Waals surface area contributed by atoms with E-state index in [-0.39, 0.29) is 35.1 Å². The Bertz CT molecular complexity index is 1360. The average Bonchev–Trinajstić information content (AvgIpc) is 2.86. The Morgan fingerprint density at radius 2 is 1.78 bits per heavy atom. The van der Waals surface area contributed by atoms with E-state index in [0.29, 0.717) is 35.1 Å². The molecule has 1 aliphatic heterocycles. The Morgan fingerprint density at radius 1 is 1.06 bits per heavy atom. The smallest absolute Gasteiger partial charge is 0.327 e. The van der Waals surface area contributed by atoms with E-state index >= 15 is 0 Å². The SMILES string of the molecule is COc1ccc(S(=O)(=O)N2CCC(N(C(=O)Nc3ccccc3Cl)c3cccc(C)n3)CC2)cc1Cl. The summed E-state index contributed by atoms with van der Waals surface area (Å²) in [6.07, 6.45) is 0.851. The minimum absolute atomic E-state index is 0.0976. The zero-order valence-electron chi connectivity index (χ0n) is 19.8. The van der Waals surface area contributed by atoms with Crippen LogP contribution in [0.1, 0.15) is 18.5 Å². The molecule has 0 spiro atoms. The van der Waals surface area contributed by atoms with Gasteiger partial charge in [0.05, 0.1) is 27.7 Å². The van der Waals surface area contributed by atoms with Gasteiger partial charge in [-0.3, -0.25) is 4.90 Å². The lowest BCUT2D eigenvalue weighted by molar-refractivity contribution is 0.248. The molecule has 2 amide bonds. The molecule has 4 rings (SSSR count). The number of rotatable bonds is 6. The summed E-state index contributed by atoms with van der Waals surface area (Å²) in [6.45, 7) is 2.32. The average molecular weight is 549 g/mol.